The number of H-pyrrole nitrogens is 1. The van der Waals surface area contributed by atoms with Gasteiger partial charge in [0.1, 0.15) is 12.4 Å². The molecule has 0 atom stereocenters. The molecule has 0 saturated heterocycles. The molecule has 0 aliphatic rings. The normalized spacial score (nSPS) is 11.9. The Morgan fingerprint density at radius 1 is 1.28 bits per heavy atom. The van der Waals surface area contributed by atoms with E-state index in [4.69, 9.17) is 4.74 Å². The number of aromatic nitrogens is 2. The number of pyridine rings is 1. The molecule has 6 nitrogen and oxygen atoms in total. The van der Waals surface area contributed by atoms with E-state index in [9.17, 15) is 18.0 Å². The van der Waals surface area contributed by atoms with Crippen LogP contribution in [0.4, 0.5) is 18.3 Å². The Morgan fingerprint density at radius 3 is 2.79 bits per heavy atom. The molecule has 0 amide bonds. The summed E-state index contributed by atoms with van der Waals surface area (Å²) in [5.74, 6) is 0.458. The van der Waals surface area contributed by atoms with Gasteiger partial charge in [0, 0.05) is 35.5 Å². The van der Waals surface area contributed by atoms with Crippen LogP contribution in [0.25, 0.3) is 22.3 Å². The second-order valence-electron chi connectivity index (χ2n) is 6.73. The molecule has 0 unspecified atom stereocenters. The molecule has 0 radical (unpaired) electrons. The molecule has 156 valence electrons. The summed E-state index contributed by atoms with van der Waals surface area (Å²) in [6.07, 6.45) is -4.25. The van der Waals surface area contributed by atoms with Crippen molar-refractivity contribution in [3.05, 3.63) is 39.9 Å². The molecule has 10 heteroatoms. The van der Waals surface area contributed by atoms with Crippen molar-refractivity contribution < 1.29 is 17.9 Å². The first-order valence-corrected chi connectivity index (χ1v) is 9.89. The van der Waals surface area contributed by atoms with Gasteiger partial charge in [0.2, 0.25) is 0 Å². The van der Waals surface area contributed by atoms with Crippen LogP contribution in [0.15, 0.2) is 34.4 Å². The lowest BCUT2D eigenvalue weighted by Gasteiger charge is -2.10. The number of hydrogen-bond acceptors (Lipinski definition) is 6. The highest BCUT2D eigenvalue weighted by Gasteiger charge is 2.25. The summed E-state index contributed by atoms with van der Waals surface area (Å²) >= 11 is 1.45. The van der Waals surface area contributed by atoms with Crippen molar-refractivity contribution in [2.75, 3.05) is 25.0 Å². The van der Waals surface area contributed by atoms with E-state index in [1.165, 1.54) is 17.4 Å². The summed E-state index contributed by atoms with van der Waals surface area (Å²) in [5.41, 5.74) is 1.65. The average Bonchev–Trinajstić information content (AvgIpc) is 3.08. The van der Waals surface area contributed by atoms with E-state index in [1.54, 1.807) is 18.2 Å². The molecule has 0 saturated carbocycles. The number of hydrogen-bond donors (Lipinski definition) is 3. The maximum Gasteiger partial charge on any atom is 0.401 e. The minimum Gasteiger partial charge on any atom is -0.492 e. The van der Waals surface area contributed by atoms with Crippen molar-refractivity contribution in [2.24, 2.45) is 0 Å². The van der Waals surface area contributed by atoms with Gasteiger partial charge >= 0.3 is 6.18 Å². The van der Waals surface area contributed by atoms with E-state index in [0.29, 0.717) is 28.0 Å². The number of benzene rings is 1. The number of fused-ring (bicyclic) bond motifs is 1. The number of aromatic amines is 1. The van der Waals surface area contributed by atoms with Gasteiger partial charge in [0.05, 0.1) is 23.4 Å². The highest BCUT2D eigenvalue weighted by Crippen LogP contribution is 2.25. The predicted octanol–water partition coefficient (Wildman–Crippen LogP) is 4.00. The summed E-state index contributed by atoms with van der Waals surface area (Å²) in [4.78, 5) is 20.1. The molecule has 29 heavy (non-hydrogen) atoms. The fourth-order valence-electron chi connectivity index (χ4n) is 2.64. The highest BCUT2D eigenvalue weighted by molar-refractivity contribution is 7.14. The molecule has 0 bridgehead atoms. The van der Waals surface area contributed by atoms with Crippen molar-refractivity contribution in [1.29, 1.82) is 0 Å². The van der Waals surface area contributed by atoms with Crippen LogP contribution < -0.4 is 20.8 Å². The number of rotatable bonds is 8. The molecular weight excluding hydrogens is 405 g/mol. The van der Waals surface area contributed by atoms with E-state index in [1.807, 2.05) is 19.2 Å². The number of anilines is 1. The molecule has 1 aromatic carbocycles. The van der Waals surface area contributed by atoms with Crippen LogP contribution in [0.1, 0.15) is 13.8 Å². The van der Waals surface area contributed by atoms with Crippen LogP contribution in [-0.4, -0.2) is 41.9 Å². The molecule has 0 fully saturated rings. The van der Waals surface area contributed by atoms with E-state index >= 15 is 0 Å². The summed E-state index contributed by atoms with van der Waals surface area (Å²) in [7, 11) is 0. The molecule has 2 heterocycles. The molecule has 3 N–H and O–H groups in total. The summed E-state index contributed by atoms with van der Waals surface area (Å²) < 4.78 is 41.8. The van der Waals surface area contributed by atoms with Gasteiger partial charge in [0.15, 0.2) is 10.6 Å². The second kappa shape index (κ2) is 8.83. The number of alkyl halides is 3. The SMILES string of the molecule is CC(C)Nc1nc(-c2cc(=O)c3ccc(OCCNCC(F)(F)F)cc3[nH]2)cs1. The van der Waals surface area contributed by atoms with Gasteiger partial charge in [-0.1, -0.05) is 0 Å². The van der Waals surface area contributed by atoms with E-state index in [0.717, 1.165) is 5.13 Å². The number of halogens is 3. The monoisotopic (exact) mass is 426 g/mol. The summed E-state index contributed by atoms with van der Waals surface area (Å²) in [6, 6.07) is 6.65. The van der Waals surface area contributed by atoms with E-state index in [2.05, 4.69) is 20.6 Å². The Morgan fingerprint density at radius 2 is 2.07 bits per heavy atom. The standard InChI is InChI=1S/C19H21F3N4O2S/c1-11(2)24-18-26-16(9-29-18)15-8-17(27)13-4-3-12(7-14(13)25-15)28-6-5-23-10-19(20,21)22/h3-4,7-9,11,23H,5-6,10H2,1-2H3,(H,24,26)(H,25,27). The van der Waals surface area contributed by atoms with Gasteiger partial charge in [-0.25, -0.2) is 4.98 Å². The minimum atomic E-state index is -4.25. The van der Waals surface area contributed by atoms with Gasteiger partial charge in [-0.3, -0.25) is 4.79 Å². The molecule has 0 aliphatic carbocycles. The topological polar surface area (TPSA) is 79.0 Å². The smallest absolute Gasteiger partial charge is 0.401 e. The van der Waals surface area contributed by atoms with Gasteiger partial charge < -0.3 is 20.4 Å². The Labute approximate surface area is 169 Å². The van der Waals surface area contributed by atoms with Crippen LogP contribution >= 0.6 is 11.3 Å². The zero-order valence-electron chi connectivity index (χ0n) is 15.9. The molecule has 3 aromatic rings. The van der Waals surface area contributed by atoms with Crippen molar-refractivity contribution in [1.82, 2.24) is 15.3 Å². The first kappa shape index (κ1) is 21.1. The van der Waals surface area contributed by atoms with Crippen molar-refractivity contribution in [2.45, 2.75) is 26.1 Å². The zero-order valence-corrected chi connectivity index (χ0v) is 16.7. The number of ether oxygens (including phenoxy) is 1. The molecule has 3 rings (SSSR count). The summed E-state index contributed by atoms with van der Waals surface area (Å²) in [6.45, 7) is 3.09. The lowest BCUT2D eigenvalue weighted by molar-refractivity contribution is -0.124. The van der Waals surface area contributed by atoms with Crippen LogP contribution in [0.5, 0.6) is 5.75 Å². The lowest BCUT2D eigenvalue weighted by Crippen LogP contribution is -2.31. The van der Waals surface area contributed by atoms with E-state index < -0.39 is 12.7 Å². The maximum atomic E-state index is 12.4. The molecular formula is C19H21F3N4O2S. The number of nitrogens with zero attached hydrogens (tertiary/aromatic N) is 1. The maximum absolute atomic E-state index is 12.4. The highest BCUT2D eigenvalue weighted by atomic mass is 32.1. The minimum absolute atomic E-state index is 0.0541. The molecule has 0 aliphatic heterocycles. The van der Waals surface area contributed by atoms with Crippen molar-refractivity contribution >= 4 is 27.4 Å². The largest absolute Gasteiger partial charge is 0.492 e. The Balaban J connectivity index is 1.74. The van der Waals surface area contributed by atoms with Gasteiger partial charge in [0.25, 0.3) is 0 Å². The lowest BCUT2D eigenvalue weighted by atomic mass is 10.1. The number of thiazole rings is 1. The average molecular weight is 426 g/mol. The third kappa shape index (κ3) is 5.94. The quantitative estimate of drug-likeness (QED) is 0.475. The Hall–Kier alpha value is -2.59. The van der Waals surface area contributed by atoms with Crippen LogP contribution in [0.3, 0.4) is 0 Å². The fourth-order valence-corrected chi connectivity index (χ4v) is 3.50. The predicted molar refractivity (Wildman–Crippen MR) is 109 cm³/mol. The van der Waals surface area contributed by atoms with Crippen molar-refractivity contribution in [3.63, 3.8) is 0 Å². The van der Waals surface area contributed by atoms with Crippen molar-refractivity contribution in [3.8, 4) is 17.1 Å². The second-order valence-corrected chi connectivity index (χ2v) is 7.59. The van der Waals surface area contributed by atoms with Crippen LogP contribution in [0, 0.1) is 0 Å². The third-order valence-electron chi connectivity index (χ3n) is 3.87. The summed E-state index contributed by atoms with van der Waals surface area (Å²) in [5, 5.41) is 8.60. The fraction of sp³-hybridized carbons (Fsp3) is 0.368. The molecule has 2 aromatic heterocycles. The van der Waals surface area contributed by atoms with Crippen LogP contribution in [0.2, 0.25) is 0 Å². The van der Waals surface area contributed by atoms with Gasteiger partial charge in [-0.05, 0) is 26.0 Å². The number of nitrogens with one attached hydrogen (secondary N) is 3. The Bertz CT molecular complexity index is 1030. The third-order valence-corrected chi connectivity index (χ3v) is 4.64. The Kier molecular flexibility index (Phi) is 6.43. The molecule has 0 spiro atoms. The van der Waals surface area contributed by atoms with E-state index in [-0.39, 0.29) is 24.6 Å². The first-order chi connectivity index (χ1) is 13.7. The van der Waals surface area contributed by atoms with Crippen LogP contribution in [-0.2, 0) is 0 Å². The first-order valence-electron chi connectivity index (χ1n) is 9.01. The van der Waals surface area contributed by atoms with Gasteiger partial charge in [-0.15, -0.1) is 11.3 Å². The zero-order chi connectivity index (χ0) is 21.0. The van der Waals surface area contributed by atoms with Gasteiger partial charge in [-0.2, -0.15) is 13.2 Å².